The van der Waals surface area contributed by atoms with Gasteiger partial charge in [0.25, 0.3) is 0 Å². The van der Waals surface area contributed by atoms with E-state index in [2.05, 4.69) is 20.0 Å². The molecule has 0 saturated carbocycles. The molecule has 2 aromatic rings. The molecule has 21 heavy (non-hydrogen) atoms. The third kappa shape index (κ3) is 4.86. The first-order valence-electron chi connectivity index (χ1n) is 5.52. The van der Waals surface area contributed by atoms with Crippen LogP contribution in [0.15, 0.2) is 20.7 Å². The molecule has 1 aliphatic rings. The third-order valence-corrected chi connectivity index (χ3v) is 4.73. The van der Waals surface area contributed by atoms with Crippen molar-refractivity contribution in [3.8, 4) is 0 Å². The van der Waals surface area contributed by atoms with Crippen LogP contribution in [-0.4, -0.2) is 39.9 Å². The second-order valence-corrected chi connectivity index (χ2v) is 7.18. The Bertz CT molecular complexity index is 692. The van der Waals surface area contributed by atoms with Crippen molar-refractivity contribution >= 4 is 74.7 Å². The highest BCUT2D eigenvalue weighted by molar-refractivity contribution is 8.13. The molecule has 0 spiro atoms. The summed E-state index contributed by atoms with van der Waals surface area (Å²) in [6.45, 7) is 0.657. The summed E-state index contributed by atoms with van der Waals surface area (Å²) in [7, 11) is 0. The summed E-state index contributed by atoms with van der Waals surface area (Å²) in [6.07, 6.45) is 3.60. The van der Waals surface area contributed by atoms with Gasteiger partial charge in [0, 0.05) is 17.0 Å². The maximum absolute atomic E-state index is 7.34. The Morgan fingerprint density at radius 1 is 1.24 bits per heavy atom. The first-order chi connectivity index (χ1) is 10.1. The van der Waals surface area contributed by atoms with E-state index in [0.29, 0.717) is 32.1 Å². The quantitative estimate of drug-likeness (QED) is 0.631. The standard InChI is InChI=1S/C6H4ClN3S.C5H5ClN2S2/c7-6-10-4(3-11-6)5-8-1-2-9-5;1-9-4(7)3-2-10-5(6)8-3/h1,3H,2H2;2,7H,1H3. The lowest BCUT2D eigenvalue weighted by Crippen LogP contribution is -1.92. The zero-order chi connectivity index (χ0) is 15.2. The Morgan fingerprint density at radius 3 is 2.43 bits per heavy atom. The number of thioether (sulfide) groups is 1. The second-order valence-electron chi connectivity index (χ2n) is 3.48. The van der Waals surface area contributed by atoms with Gasteiger partial charge in [0.05, 0.1) is 6.54 Å². The van der Waals surface area contributed by atoms with Crippen LogP contribution in [0, 0.1) is 5.41 Å². The maximum Gasteiger partial charge on any atom is 0.184 e. The van der Waals surface area contributed by atoms with Crippen LogP contribution in [0.1, 0.15) is 11.4 Å². The molecule has 3 heterocycles. The number of aliphatic imine (C=N–C) groups is 2. The molecule has 0 aliphatic carbocycles. The maximum atomic E-state index is 7.34. The van der Waals surface area contributed by atoms with E-state index in [1.165, 1.54) is 34.4 Å². The summed E-state index contributed by atoms with van der Waals surface area (Å²) in [5.74, 6) is 0.688. The van der Waals surface area contributed by atoms with Gasteiger partial charge in [0.15, 0.2) is 14.8 Å². The van der Waals surface area contributed by atoms with Crippen LogP contribution in [0.5, 0.6) is 0 Å². The fourth-order valence-electron chi connectivity index (χ4n) is 1.26. The van der Waals surface area contributed by atoms with Gasteiger partial charge in [-0.05, 0) is 6.26 Å². The smallest absolute Gasteiger partial charge is 0.184 e. The van der Waals surface area contributed by atoms with Gasteiger partial charge in [-0.1, -0.05) is 23.2 Å². The molecule has 0 aromatic carbocycles. The van der Waals surface area contributed by atoms with Gasteiger partial charge in [-0.15, -0.1) is 34.4 Å². The largest absolute Gasteiger partial charge is 0.292 e. The van der Waals surface area contributed by atoms with Crippen molar-refractivity contribution in [2.45, 2.75) is 0 Å². The average molecular weight is 378 g/mol. The van der Waals surface area contributed by atoms with Crippen LogP contribution in [0.25, 0.3) is 0 Å². The summed E-state index contributed by atoms with van der Waals surface area (Å²) in [5.41, 5.74) is 1.44. The van der Waals surface area contributed by atoms with Gasteiger partial charge in [-0.3, -0.25) is 10.4 Å². The number of halogens is 2. The highest BCUT2D eigenvalue weighted by Crippen LogP contribution is 2.18. The minimum atomic E-state index is 0.461. The molecular weight excluding hydrogens is 369 g/mol. The van der Waals surface area contributed by atoms with Crippen LogP contribution >= 0.6 is 57.6 Å². The monoisotopic (exact) mass is 377 g/mol. The molecule has 0 atom stereocenters. The summed E-state index contributed by atoms with van der Waals surface area (Å²) in [5, 5.41) is 11.4. The van der Waals surface area contributed by atoms with Crippen molar-refractivity contribution in [2.24, 2.45) is 9.98 Å². The van der Waals surface area contributed by atoms with Gasteiger partial charge in [0.2, 0.25) is 0 Å². The molecule has 0 unspecified atom stereocenters. The minimum absolute atomic E-state index is 0.461. The van der Waals surface area contributed by atoms with Gasteiger partial charge in [-0.2, -0.15) is 0 Å². The molecule has 10 heteroatoms. The number of hydrogen-bond acceptors (Lipinski definition) is 8. The molecule has 1 N–H and O–H groups in total. The van der Waals surface area contributed by atoms with E-state index < -0.39 is 0 Å². The Hall–Kier alpha value is -0.800. The predicted molar refractivity (Wildman–Crippen MR) is 94.5 cm³/mol. The SMILES string of the molecule is CSC(=N)c1csc(Cl)n1.Clc1nc(C2=NCC=N2)cs1. The lowest BCUT2D eigenvalue weighted by Gasteiger charge is -1.89. The number of nitrogens with zero attached hydrogens (tertiary/aromatic N) is 4. The molecular formula is C11H9Cl2N5S3. The first-order valence-corrected chi connectivity index (χ1v) is 9.26. The predicted octanol–water partition coefficient (Wildman–Crippen LogP) is 4.11. The molecule has 0 amide bonds. The Labute approximate surface area is 143 Å². The van der Waals surface area contributed by atoms with Crippen molar-refractivity contribution in [3.63, 3.8) is 0 Å². The number of aromatic nitrogens is 2. The second kappa shape index (κ2) is 8.00. The normalized spacial score (nSPS) is 12.8. The summed E-state index contributed by atoms with van der Waals surface area (Å²) >= 11 is 15.3. The van der Waals surface area contributed by atoms with E-state index >= 15 is 0 Å². The van der Waals surface area contributed by atoms with Crippen LogP contribution < -0.4 is 0 Å². The lowest BCUT2D eigenvalue weighted by atomic mass is 10.5. The number of nitrogens with one attached hydrogen (secondary N) is 1. The van der Waals surface area contributed by atoms with E-state index in [0.717, 1.165) is 5.69 Å². The fourth-order valence-corrected chi connectivity index (χ4v) is 3.14. The van der Waals surface area contributed by atoms with Gasteiger partial charge < -0.3 is 0 Å². The van der Waals surface area contributed by atoms with Gasteiger partial charge in [0.1, 0.15) is 16.4 Å². The molecule has 3 rings (SSSR count). The van der Waals surface area contributed by atoms with E-state index in [9.17, 15) is 0 Å². The molecule has 0 saturated heterocycles. The number of amidine groups is 1. The average Bonchev–Trinajstić information content (AvgIpc) is 3.19. The topological polar surface area (TPSA) is 74.3 Å². The van der Waals surface area contributed by atoms with E-state index in [4.69, 9.17) is 28.6 Å². The van der Waals surface area contributed by atoms with Crippen molar-refractivity contribution in [1.82, 2.24) is 9.97 Å². The molecule has 0 bridgehead atoms. The highest BCUT2D eigenvalue weighted by Gasteiger charge is 2.08. The fraction of sp³-hybridized carbons (Fsp3) is 0.182. The van der Waals surface area contributed by atoms with E-state index in [-0.39, 0.29) is 0 Å². The molecule has 0 fully saturated rings. The molecule has 5 nitrogen and oxygen atoms in total. The number of rotatable bonds is 2. The van der Waals surface area contributed by atoms with Gasteiger partial charge >= 0.3 is 0 Å². The summed E-state index contributed by atoms with van der Waals surface area (Å²) in [6, 6.07) is 0. The Kier molecular flexibility index (Phi) is 6.31. The number of thiazole rings is 2. The van der Waals surface area contributed by atoms with Crippen LogP contribution in [0.4, 0.5) is 0 Å². The zero-order valence-electron chi connectivity index (χ0n) is 10.7. The minimum Gasteiger partial charge on any atom is -0.292 e. The highest BCUT2D eigenvalue weighted by atomic mass is 35.5. The zero-order valence-corrected chi connectivity index (χ0v) is 14.7. The summed E-state index contributed by atoms with van der Waals surface area (Å²) < 4.78 is 1.03. The van der Waals surface area contributed by atoms with Crippen molar-refractivity contribution in [2.75, 3.05) is 12.8 Å². The van der Waals surface area contributed by atoms with Crippen molar-refractivity contribution in [1.29, 1.82) is 5.41 Å². The van der Waals surface area contributed by atoms with Crippen LogP contribution in [0.2, 0.25) is 8.93 Å². The van der Waals surface area contributed by atoms with Crippen molar-refractivity contribution in [3.05, 3.63) is 31.1 Å². The van der Waals surface area contributed by atoms with E-state index in [1.807, 2.05) is 11.6 Å². The first kappa shape index (κ1) is 16.6. The van der Waals surface area contributed by atoms with Crippen LogP contribution in [0.3, 0.4) is 0 Å². The third-order valence-electron chi connectivity index (χ3n) is 2.15. The van der Waals surface area contributed by atoms with Crippen LogP contribution in [-0.2, 0) is 0 Å². The molecule has 0 radical (unpaired) electrons. The molecule has 2 aromatic heterocycles. The number of hydrogen-bond donors (Lipinski definition) is 1. The lowest BCUT2D eigenvalue weighted by molar-refractivity contribution is 1.31. The molecule has 110 valence electrons. The van der Waals surface area contributed by atoms with Gasteiger partial charge in [-0.25, -0.2) is 15.0 Å². The molecule has 1 aliphatic heterocycles. The van der Waals surface area contributed by atoms with Crippen molar-refractivity contribution < 1.29 is 0 Å². The Balaban J connectivity index is 0.000000155. The van der Waals surface area contributed by atoms with E-state index in [1.54, 1.807) is 11.6 Å². The Morgan fingerprint density at radius 2 is 1.95 bits per heavy atom. The summed E-state index contributed by atoms with van der Waals surface area (Å²) in [4.78, 5) is 16.1.